The molecular weight excluding hydrogens is 320 g/mol. The second-order valence-corrected chi connectivity index (χ2v) is 6.23. The van der Waals surface area contributed by atoms with Crippen LogP contribution in [0.1, 0.15) is 32.1 Å². The Morgan fingerprint density at radius 2 is 1.92 bits per heavy atom. The predicted octanol–water partition coefficient (Wildman–Crippen LogP) is 3.47. The highest BCUT2D eigenvalue weighted by molar-refractivity contribution is 5.79. The average Bonchev–Trinajstić information content (AvgIpc) is 3.06. The van der Waals surface area contributed by atoms with E-state index in [1.807, 2.05) is 24.3 Å². The van der Waals surface area contributed by atoms with Gasteiger partial charge in [0.2, 0.25) is 11.6 Å². The molecule has 0 radical (unpaired) electrons. The van der Waals surface area contributed by atoms with Gasteiger partial charge < -0.3 is 5.32 Å². The summed E-state index contributed by atoms with van der Waals surface area (Å²) in [6, 6.07) is 7.69. The van der Waals surface area contributed by atoms with Crippen LogP contribution in [0.5, 0.6) is 0 Å². The fraction of sp³-hybridized carbons (Fsp3) is 0.353. The highest BCUT2D eigenvalue weighted by atomic mass is 16.6. The molecule has 1 N–H and O–H groups in total. The summed E-state index contributed by atoms with van der Waals surface area (Å²) in [6.07, 6.45) is 8.42. The molecule has 8 nitrogen and oxygen atoms in total. The third-order valence-electron chi connectivity index (χ3n) is 4.61. The van der Waals surface area contributed by atoms with Gasteiger partial charge in [-0.15, -0.1) is 0 Å². The van der Waals surface area contributed by atoms with Crippen molar-refractivity contribution in [2.45, 2.75) is 38.1 Å². The van der Waals surface area contributed by atoms with Gasteiger partial charge in [-0.05, 0) is 25.0 Å². The molecule has 4 rings (SSSR count). The Balaban J connectivity index is 1.80. The Bertz CT molecular complexity index is 916. The molecule has 0 aliphatic heterocycles. The highest BCUT2D eigenvalue weighted by Gasteiger charge is 2.27. The van der Waals surface area contributed by atoms with E-state index in [0.717, 1.165) is 36.7 Å². The number of fused-ring (bicyclic) bond motifs is 1. The highest BCUT2D eigenvalue weighted by Crippen LogP contribution is 2.31. The van der Waals surface area contributed by atoms with E-state index in [1.54, 1.807) is 10.9 Å². The van der Waals surface area contributed by atoms with Gasteiger partial charge >= 0.3 is 5.69 Å². The third-order valence-corrected chi connectivity index (χ3v) is 4.61. The number of anilines is 1. The van der Waals surface area contributed by atoms with Gasteiger partial charge in [-0.1, -0.05) is 31.4 Å². The molecule has 8 heteroatoms. The Kier molecular flexibility index (Phi) is 4.01. The second-order valence-electron chi connectivity index (χ2n) is 6.23. The van der Waals surface area contributed by atoms with Crippen molar-refractivity contribution in [3.8, 4) is 5.82 Å². The first-order valence-electron chi connectivity index (χ1n) is 8.42. The number of nitro groups is 1. The monoisotopic (exact) mass is 338 g/mol. The number of aromatic nitrogens is 4. The van der Waals surface area contributed by atoms with E-state index in [-0.39, 0.29) is 23.4 Å². The molecule has 1 aromatic carbocycles. The molecule has 0 unspecified atom stereocenters. The van der Waals surface area contributed by atoms with E-state index < -0.39 is 4.92 Å². The van der Waals surface area contributed by atoms with E-state index in [2.05, 4.69) is 20.3 Å². The summed E-state index contributed by atoms with van der Waals surface area (Å²) in [6.45, 7) is 0. The normalized spacial score (nSPS) is 15.4. The summed E-state index contributed by atoms with van der Waals surface area (Å²) in [5.41, 5.74) is 1.42. The number of rotatable bonds is 4. The quantitative estimate of drug-likeness (QED) is 0.577. The molecule has 1 saturated carbocycles. The smallest absolute Gasteiger partial charge is 0.354 e. The molecule has 128 valence electrons. The summed E-state index contributed by atoms with van der Waals surface area (Å²) in [4.78, 5) is 24.0. The Hall–Kier alpha value is -3.03. The molecule has 0 bridgehead atoms. The number of nitrogens with zero attached hydrogens (tertiary/aromatic N) is 5. The lowest BCUT2D eigenvalue weighted by Gasteiger charge is -2.23. The maximum atomic E-state index is 11.8. The van der Waals surface area contributed by atoms with Crippen LogP contribution in [0.15, 0.2) is 36.9 Å². The van der Waals surface area contributed by atoms with E-state index in [0.29, 0.717) is 0 Å². The van der Waals surface area contributed by atoms with E-state index in [1.165, 1.54) is 12.7 Å². The fourth-order valence-electron chi connectivity index (χ4n) is 3.39. The van der Waals surface area contributed by atoms with Crippen LogP contribution in [0.4, 0.5) is 11.5 Å². The first kappa shape index (κ1) is 15.5. The fourth-order valence-corrected chi connectivity index (χ4v) is 3.39. The van der Waals surface area contributed by atoms with Crippen molar-refractivity contribution in [1.82, 2.24) is 19.5 Å². The molecule has 2 heterocycles. The molecule has 3 aromatic rings. The number of hydrogen-bond donors (Lipinski definition) is 1. The lowest BCUT2D eigenvalue weighted by Crippen LogP contribution is -2.24. The van der Waals surface area contributed by atoms with Crippen molar-refractivity contribution in [3.05, 3.63) is 47.0 Å². The molecule has 25 heavy (non-hydrogen) atoms. The number of para-hydroxylation sites is 2. The molecule has 2 aromatic heterocycles. The van der Waals surface area contributed by atoms with E-state index in [4.69, 9.17) is 0 Å². The van der Waals surface area contributed by atoms with Gasteiger partial charge in [-0.2, -0.15) is 0 Å². The van der Waals surface area contributed by atoms with Crippen LogP contribution in [0.25, 0.3) is 16.9 Å². The van der Waals surface area contributed by atoms with Crippen LogP contribution in [-0.4, -0.2) is 30.5 Å². The third kappa shape index (κ3) is 2.90. The molecule has 0 amide bonds. The van der Waals surface area contributed by atoms with Crippen LogP contribution < -0.4 is 5.32 Å². The minimum absolute atomic E-state index is 0.115. The van der Waals surface area contributed by atoms with Crippen molar-refractivity contribution in [1.29, 1.82) is 0 Å². The molecule has 1 aliphatic carbocycles. The van der Waals surface area contributed by atoms with Crippen molar-refractivity contribution in [2.75, 3.05) is 5.32 Å². The Morgan fingerprint density at radius 1 is 1.12 bits per heavy atom. The Morgan fingerprint density at radius 3 is 2.72 bits per heavy atom. The van der Waals surface area contributed by atoms with E-state index >= 15 is 0 Å². The maximum Gasteiger partial charge on any atom is 0.354 e. The predicted molar refractivity (Wildman–Crippen MR) is 93.8 cm³/mol. The first-order chi connectivity index (χ1) is 12.2. The summed E-state index contributed by atoms with van der Waals surface area (Å²) >= 11 is 0. The number of imidazole rings is 1. The number of nitrogens with one attached hydrogen (secondary N) is 1. The van der Waals surface area contributed by atoms with Gasteiger partial charge in [-0.25, -0.2) is 15.0 Å². The van der Waals surface area contributed by atoms with Crippen LogP contribution in [-0.2, 0) is 0 Å². The van der Waals surface area contributed by atoms with Gasteiger partial charge in [0.25, 0.3) is 0 Å². The standard InChI is InChI=1S/C17H18N6O2/c24-23(25)15-16(21-12-6-2-1-3-7-12)18-10-19-17(15)22-11-20-13-8-4-5-9-14(13)22/h4-5,8-12H,1-3,6-7H2,(H,18,19,21). The Labute approximate surface area is 144 Å². The summed E-state index contributed by atoms with van der Waals surface area (Å²) in [5.74, 6) is 0.506. The lowest BCUT2D eigenvalue weighted by molar-refractivity contribution is -0.384. The van der Waals surface area contributed by atoms with Crippen molar-refractivity contribution in [2.24, 2.45) is 0 Å². The maximum absolute atomic E-state index is 11.8. The average molecular weight is 338 g/mol. The molecule has 0 spiro atoms. The number of benzene rings is 1. The molecule has 1 aliphatic rings. The molecule has 1 fully saturated rings. The summed E-state index contributed by atoms with van der Waals surface area (Å²) in [5, 5.41) is 15.0. The van der Waals surface area contributed by atoms with Gasteiger partial charge in [-0.3, -0.25) is 14.7 Å². The zero-order valence-corrected chi connectivity index (χ0v) is 13.6. The molecule has 0 atom stereocenters. The first-order valence-corrected chi connectivity index (χ1v) is 8.42. The molecule has 0 saturated heterocycles. The number of hydrogen-bond acceptors (Lipinski definition) is 6. The van der Waals surface area contributed by atoms with Crippen molar-refractivity contribution in [3.63, 3.8) is 0 Å². The van der Waals surface area contributed by atoms with E-state index in [9.17, 15) is 10.1 Å². The lowest BCUT2D eigenvalue weighted by atomic mass is 9.95. The zero-order valence-electron chi connectivity index (χ0n) is 13.6. The largest absolute Gasteiger partial charge is 0.361 e. The van der Waals surface area contributed by atoms with Crippen LogP contribution in [0.2, 0.25) is 0 Å². The summed E-state index contributed by atoms with van der Waals surface area (Å²) < 4.78 is 1.64. The minimum atomic E-state index is -0.421. The van der Waals surface area contributed by atoms with Gasteiger partial charge in [0.15, 0.2) is 0 Å². The van der Waals surface area contributed by atoms with Crippen LogP contribution in [0, 0.1) is 10.1 Å². The van der Waals surface area contributed by atoms with Crippen molar-refractivity contribution >= 4 is 22.5 Å². The SMILES string of the molecule is O=[N+]([O-])c1c(NC2CCCCC2)ncnc1-n1cnc2ccccc21. The second kappa shape index (κ2) is 6.46. The molecular formula is C17H18N6O2. The summed E-state index contributed by atoms with van der Waals surface area (Å²) in [7, 11) is 0. The topological polar surface area (TPSA) is 98.8 Å². The van der Waals surface area contributed by atoms with Gasteiger partial charge in [0.1, 0.15) is 12.7 Å². The van der Waals surface area contributed by atoms with Crippen LogP contribution in [0.3, 0.4) is 0 Å². The minimum Gasteiger partial charge on any atom is -0.361 e. The van der Waals surface area contributed by atoms with Gasteiger partial charge in [0.05, 0.1) is 16.0 Å². The van der Waals surface area contributed by atoms with Crippen LogP contribution >= 0.6 is 0 Å². The van der Waals surface area contributed by atoms with Gasteiger partial charge in [0, 0.05) is 6.04 Å². The van der Waals surface area contributed by atoms with Crippen molar-refractivity contribution < 1.29 is 4.92 Å². The zero-order chi connectivity index (χ0) is 17.2.